The molecule has 1 aromatic rings. The Kier molecular flexibility index (Phi) is 6.30. The van der Waals surface area contributed by atoms with Gasteiger partial charge in [-0.3, -0.25) is 0 Å². The first-order valence-corrected chi connectivity index (χ1v) is 8.88. The normalized spacial score (nSPS) is 13.7. The second kappa shape index (κ2) is 7.27. The molecule has 0 heterocycles. The lowest BCUT2D eigenvalue weighted by molar-refractivity contribution is 0.517. The van der Waals surface area contributed by atoms with E-state index in [1.54, 1.807) is 0 Å². The van der Waals surface area contributed by atoms with Gasteiger partial charge in [0.25, 0.3) is 0 Å². The molecule has 0 aliphatic heterocycles. The van der Waals surface area contributed by atoms with E-state index in [0.717, 1.165) is 12.1 Å². The molecule has 0 saturated carbocycles. The van der Waals surface area contributed by atoms with Crippen molar-refractivity contribution in [3.63, 3.8) is 0 Å². The fourth-order valence-electron chi connectivity index (χ4n) is 1.86. The van der Waals surface area contributed by atoms with Crippen LogP contribution >= 0.6 is 11.6 Å². The third-order valence-electron chi connectivity index (χ3n) is 2.95. The Balaban J connectivity index is 2.76. The third kappa shape index (κ3) is 6.95. The molecule has 0 aliphatic carbocycles. The highest BCUT2D eigenvalue weighted by Crippen LogP contribution is 2.22. The molecule has 1 rings (SSSR count). The number of hydrogen-bond donors (Lipinski definition) is 1. The number of hydrogen-bond acceptors (Lipinski definition) is 3. The fraction of sp³-hybridized carbons (Fsp3) is 0.571. The van der Waals surface area contributed by atoms with Crippen molar-refractivity contribution in [2.24, 2.45) is 0 Å². The summed E-state index contributed by atoms with van der Waals surface area (Å²) in [5, 5.41) is 4.06. The lowest BCUT2D eigenvalue weighted by atomic mass is 9.96. The summed E-state index contributed by atoms with van der Waals surface area (Å²) in [6, 6.07) is 8.02. The van der Waals surface area contributed by atoms with Crippen molar-refractivity contribution < 1.29 is 8.42 Å². The average Bonchev–Trinajstić information content (AvgIpc) is 2.29. The summed E-state index contributed by atoms with van der Waals surface area (Å²) < 4.78 is 22.6. The minimum absolute atomic E-state index is 0.189. The van der Waals surface area contributed by atoms with E-state index in [2.05, 4.69) is 19.2 Å². The van der Waals surface area contributed by atoms with Gasteiger partial charge in [0.1, 0.15) is 9.84 Å². The van der Waals surface area contributed by atoms with Crippen LogP contribution < -0.4 is 5.32 Å². The van der Waals surface area contributed by atoms with E-state index in [4.69, 9.17) is 11.6 Å². The van der Waals surface area contributed by atoms with E-state index < -0.39 is 9.84 Å². The predicted molar refractivity (Wildman–Crippen MR) is 81.7 cm³/mol. The zero-order valence-electron chi connectivity index (χ0n) is 11.7. The molecule has 1 atom stereocenters. The molecule has 0 saturated heterocycles. The standard InChI is InChI=1S/C14H22ClNO2S/c1-11(2)16-10-13(8-9-19(3,17)18)12-4-6-14(15)7-5-12/h4-7,11,13,16H,8-10H2,1-3H3. The summed E-state index contributed by atoms with van der Waals surface area (Å²) >= 11 is 5.88. The molecule has 0 aliphatic rings. The summed E-state index contributed by atoms with van der Waals surface area (Å²) in [5.74, 6) is 0.398. The largest absolute Gasteiger partial charge is 0.314 e. The molecule has 5 heteroatoms. The first-order chi connectivity index (χ1) is 8.78. The SMILES string of the molecule is CC(C)NCC(CCS(C)(=O)=O)c1ccc(Cl)cc1. The maximum atomic E-state index is 11.3. The van der Waals surface area contributed by atoms with Crippen molar-refractivity contribution >= 4 is 21.4 Å². The van der Waals surface area contributed by atoms with Crippen LogP contribution in [0.25, 0.3) is 0 Å². The molecule has 3 nitrogen and oxygen atoms in total. The predicted octanol–water partition coefficient (Wildman–Crippen LogP) is 2.86. The summed E-state index contributed by atoms with van der Waals surface area (Å²) in [7, 11) is -2.93. The molecule has 1 unspecified atom stereocenters. The van der Waals surface area contributed by atoms with Crippen molar-refractivity contribution in [1.82, 2.24) is 5.32 Å². The molecule has 1 N–H and O–H groups in total. The van der Waals surface area contributed by atoms with Gasteiger partial charge in [0.05, 0.1) is 5.75 Å². The van der Waals surface area contributed by atoms with Gasteiger partial charge in [0.15, 0.2) is 0 Å². The quantitative estimate of drug-likeness (QED) is 0.842. The number of nitrogens with one attached hydrogen (secondary N) is 1. The van der Waals surface area contributed by atoms with Crippen LogP contribution in [0.4, 0.5) is 0 Å². The van der Waals surface area contributed by atoms with Crippen LogP contribution in [0.2, 0.25) is 5.02 Å². The van der Waals surface area contributed by atoms with Crippen LogP contribution in [-0.4, -0.2) is 33.0 Å². The Hall–Kier alpha value is -0.580. The first kappa shape index (κ1) is 16.5. The lowest BCUT2D eigenvalue weighted by Crippen LogP contribution is -2.29. The van der Waals surface area contributed by atoms with Gasteiger partial charge in [0, 0.05) is 23.9 Å². The number of rotatable bonds is 7. The molecular formula is C14H22ClNO2S. The average molecular weight is 304 g/mol. The van der Waals surface area contributed by atoms with Crippen molar-refractivity contribution in [1.29, 1.82) is 0 Å². The molecule has 0 fully saturated rings. The molecule has 0 amide bonds. The molecule has 1 aromatic carbocycles. The van der Waals surface area contributed by atoms with Gasteiger partial charge in [-0.1, -0.05) is 37.6 Å². The van der Waals surface area contributed by atoms with Gasteiger partial charge in [-0.2, -0.15) is 0 Å². The second-order valence-electron chi connectivity index (χ2n) is 5.23. The highest BCUT2D eigenvalue weighted by molar-refractivity contribution is 7.90. The molecule has 0 bridgehead atoms. The van der Waals surface area contributed by atoms with E-state index in [0.29, 0.717) is 17.5 Å². The fourth-order valence-corrected chi connectivity index (χ4v) is 2.69. The van der Waals surface area contributed by atoms with Crippen LogP contribution in [0.3, 0.4) is 0 Å². The lowest BCUT2D eigenvalue weighted by Gasteiger charge is -2.19. The monoisotopic (exact) mass is 303 g/mol. The zero-order valence-corrected chi connectivity index (χ0v) is 13.3. The van der Waals surface area contributed by atoms with Crippen molar-refractivity contribution in [2.45, 2.75) is 32.2 Å². The van der Waals surface area contributed by atoms with Crippen molar-refractivity contribution in [3.8, 4) is 0 Å². The Labute approximate surface area is 121 Å². The molecule has 0 aromatic heterocycles. The van der Waals surface area contributed by atoms with Crippen LogP contribution in [-0.2, 0) is 9.84 Å². The molecule has 0 radical (unpaired) electrons. The third-order valence-corrected chi connectivity index (χ3v) is 4.18. The van der Waals surface area contributed by atoms with Gasteiger partial charge < -0.3 is 5.32 Å². The number of benzene rings is 1. The Bertz CT molecular complexity index is 483. The summed E-state index contributed by atoms with van der Waals surface area (Å²) in [6.07, 6.45) is 1.90. The summed E-state index contributed by atoms with van der Waals surface area (Å²) in [4.78, 5) is 0. The van der Waals surface area contributed by atoms with Gasteiger partial charge in [-0.25, -0.2) is 8.42 Å². The van der Waals surface area contributed by atoms with Crippen LogP contribution in [0.5, 0.6) is 0 Å². The maximum absolute atomic E-state index is 11.3. The van der Waals surface area contributed by atoms with E-state index >= 15 is 0 Å². The second-order valence-corrected chi connectivity index (χ2v) is 7.93. The van der Waals surface area contributed by atoms with Gasteiger partial charge in [0.2, 0.25) is 0 Å². The maximum Gasteiger partial charge on any atom is 0.147 e. The number of halogens is 1. The molecule has 0 spiro atoms. The molecule has 19 heavy (non-hydrogen) atoms. The Morgan fingerprint density at radius 2 is 1.79 bits per heavy atom. The van der Waals surface area contributed by atoms with Gasteiger partial charge >= 0.3 is 0 Å². The number of sulfone groups is 1. The topological polar surface area (TPSA) is 46.2 Å². The van der Waals surface area contributed by atoms with Crippen LogP contribution in [0.15, 0.2) is 24.3 Å². The van der Waals surface area contributed by atoms with Gasteiger partial charge in [-0.05, 0) is 30.0 Å². The van der Waals surface area contributed by atoms with E-state index in [9.17, 15) is 8.42 Å². The van der Waals surface area contributed by atoms with E-state index in [1.807, 2.05) is 24.3 Å². The summed E-state index contributed by atoms with van der Waals surface area (Å²) in [5.41, 5.74) is 1.13. The van der Waals surface area contributed by atoms with E-state index in [1.165, 1.54) is 6.26 Å². The van der Waals surface area contributed by atoms with Crippen molar-refractivity contribution in [2.75, 3.05) is 18.6 Å². The van der Waals surface area contributed by atoms with E-state index in [-0.39, 0.29) is 11.7 Å². The van der Waals surface area contributed by atoms with Crippen molar-refractivity contribution in [3.05, 3.63) is 34.9 Å². The zero-order chi connectivity index (χ0) is 14.5. The molecular weight excluding hydrogens is 282 g/mol. The minimum atomic E-state index is -2.93. The Morgan fingerprint density at radius 1 is 1.21 bits per heavy atom. The molecule has 108 valence electrons. The minimum Gasteiger partial charge on any atom is -0.314 e. The first-order valence-electron chi connectivity index (χ1n) is 6.44. The van der Waals surface area contributed by atoms with Gasteiger partial charge in [-0.15, -0.1) is 0 Å². The highest BCUT2D eigenvalue weighted by Gasteiger charge is 2.15. The Morgan fingerprint density at radius 3 is 2.26 bits per heavy atom. The highest BCUT2D eigenvalue weighted by atomic mass is 35.5. The smallest absolute Gasteiger partial charge is 0.147 e. The van der Waals surface area contributed by atoms with Crippen LogP contribution in [0, 0.1) is 0 Å². The summed E-state index contributed by atoms with van der Waals surface area (Å²) in [6.45, 7) is 4.93. The van der Waals surface area contributed by atoms with Crippen LogP contribution in [0.1, 0.15) is 31.7 Å².